The van der Waals surface area contributed by atoms with Crippen LogP contribution in [0.25, 0.3) is 22.3 Å². The quantitative estimate of drug-likeness (QED) is 0.311. The number of carbonyl (C=O) groups is 1. The molecule has 1 aliphatic heterocycles. The van der Waals surface area contributed by atoms with Crippen LogP contribution in [0, 0.1) is 5.82 Å². The summed E-state index contributed by atoms with van der Waals surface area (Å²) in [6.45, 7) is 0.334. The first-order valence-corrected chi connectivity index (χ1v) is 11.3. The number of nitrogens with one attached hydrogen (secondary N) is 2. The molecular weight excluding hydrogens is 439 g/mol. The highest BCUT2D eigenvalue weighted by atomic mass is 19.1. The summed E-state index contributed by atoms with van der Waals surface area (Å²) in [4.78, 5) is 15.5. The second-order valence-corrected chi connectivity index (χ2v) is 8.49. The minimum Gasteiger partial charge on any atom is -0.353 e. The largest absolute Gasteiger partial charge is 0.353 e. The van der Waals surface area contributed by atoms with Crippen LogP contribution in [0.5, 0.6) is 0 Å². The number of amides is 1. The van der Waals surface area contributed by atoms with Crippen LogP contribution < -0.4 is 10.2 Å². The lowest BCUT2D eigenvalue weighted by Crippen LogP contribution is -2.30. The highest BCUT2D eigenvalue weighted by Crippen LogP contribution is 2.38. The molecule has 1 aromatic heterocycles. The van der Waals surface area contributed by atoms with Crippen molar-refractivity contribution in [1.29, 1.82) is 0 Å². The third-order valence-electron chi connectivity index (χ3n) is 6.25. The number of halogens is 1. The van der Waals surface area contributed by atoms with Gasteiger partial charge in [-0.15, -0.1) is 0 Å². The number of carbonyl (C=O) groups excluding carboxylic acids is 1. The Labute approximate surface area is 201 Å². The van der Waals surface area contributed by atoms with Gasteiger partial charge in [0.05, 0.1) is 35.4 Å². The highest BCUT2D eigenvalue weighted by molar-refractivity contribution is 6.14. The predicted molar refractivity (Wildman–Crippen MR) is 136 cm³/mol. The normalized spacial score (nSPS) is 12.5. The van der Waals surface area contributed by atoms with Gasteiger partial charge >= 0.3 is 0 Å². The van der Waals surface area contributed by atoms with Crippen molar-refractivity contribution in [2.24, 2.45) is 0 Å². The summed E-state index contributed by atoms with van der Waals surface area (Å²) < 4.78 is 14.2. The van der Waals surface area contributed by atoms with Crippen molar-refractivity contribution in [3.8, 4) is 22.3 Å². The molecular formula is C29H21FN4O. The van der Waals surface area contributed by atoms with Crippen LogP contribution in [0.1, 0.15) is 15.9 Å². The maximum absolute atomic E-state index is 14.2. The average molecular weight is 461 g/mol. The average Bonchev–Trinajstić information content (AvgIpc) is 3.41. The van der Waals surface area contributed by atoms with E-state index in [-0.39, 0.29) is 11.7 Å². The second kappa shape index (κ2) is 8.57. The van der Waals surface area contributed by atoms with E-state index in [1.807, 2.05) is 79.0 Å². The lowest BCUT2D eigenvalue weighted by molar-refractivity contribution is 0.0986. The predicted octanol–water partition coefficient (Wildman–Crippen LogP) is 6.79. The minimum atomic E-state index is -0.388. The molecule has 5 aromatic rings. The number of hydrogen-bond donors (Lipinski definition) is 2. The molecule has 0 radical (unpaired) electrons. The Kier molecular flexibility index (Phi) is 5.11. The number of aromatic amines is 1. The molecule has 6 heteroatoms. The van der Waals surface area contributed by atoms with Gasteiger partial charge in [0.1, 0.15) is 5.82 Å². The molecule has 5 nitrogen and oxygen atoms in total. The molecule has 0 saturated heterocycles. The number of anilines is 3. The van der Waals surface area contributed by atoms with Crippen LogP contribution >= 0.6 is 0 Å². The zero-order valence-corrected chi connectivity index (χ0v) is 18.7. The molecule has 0 saturated carbocycles. The van der Waals surface area contributed by atoms with Crippen molar-refractivity contribution in [3.05, 3.63) is 120 Å². The van der Waals surface area contributed by atoms with E-state index in [1.54, 1.807) is 17.2 Å². The van der Waals surface area contributed by atoms with E-state index in [9.17, 15) is 9.18 Å². The molecule has 1 amide bonds. The number of nitrogens with zero attached hydrogens (tertiary/aromatic N) is 2. The number of fused-ring (bicyclic) bond motifs is 2. The van der Waals surface area contributed by atoms with Crippen molar-refractivity contribution in [2.45, 2.75) is 6.54 Å². The number of H-pyrrole nitrogens is 1. The van der Waals surface area contributed by atoms with E-state index in [0.717, 1.165) is 27.8 Å². The number of benzene rings is 4. The van der Waals surface area contributed by atoms with Crippen LogP contribution in [0.3, 0.4) is 0 Å². The molecule has 0 unspecified atom stereocenters. The number of hydrogen-bond acceptors (Lipinski definition) is 3. The monoisotopic (exact) mass is 460 g/mol. The Balaban J connectivity index is 1.41. The van der Waals surface area contributed by atoms with E-state index in [2.05, 4.69) is 15.5 Å². The molecule has 35 heavy (non-hydrogen) atoms. The molecule has 0 fully saturated rings. The molecule has 1 aliphatic rings. The van der Waals surface area contributed by atoms with E-state index in [4.69, 9.17) is 0 Å². The Bertz CT molecular complexity index is 1510. The summed E-state index contributed by atoms with van der Waals surface area (Å²) >= 11 is 0. The highest BCUT2D eigenvalue weighted by Gasteiger charge is 2.28. The van der Waals surface area contributed by atoms with Crippen LogP contribution in [0.15, 0.2) is 103 Å². The minimum absolute atomic E-state index is 0.183. The van der Waals surface area contributed by atoms with Gasteiger partial charge in [-0.25, -0.2) is 4.39 Å². The van der Waals surface area contributed by atoms with Gasteiger partial charge in [0.25, 0.3) is 5.91 Å². The zero-order valence-electron chi connectivity index (χ0n) is 18.7. The van der Waals surface area contributed by atoms with Crippen molar-refractivity contribution in [1.82, 2.24) is 10.2 Å². The third kappa shape index (κ3) is 3.95. The van der Waals surface area contributed by atoms with Crippen LogP contribution in [-0.2, 0) is 6.54 Å². The fourth-order valence-electron chi connectivity index (χ4n) is 4.43. The van der Waals surface area contributed by atoms with Gasteiger partial charge in [-0.1, -0.05) is 60.7 Å². The Hall–Kier alpha value is -4.71. The molecule has 4 aromatic carbocycles. The van der Waals surface area contributed by atoms with Crippen molar-refractivity contribution in [3.63, 3.8) is 0 Å². The fraction of sp³-hybridized carbons (Fsp3) is 0.0345. The van der Waals surface area contributed by atoms with Gasteiger partial charge in [0.2, 0.25) is 0 Å². The Morgan fingerprint density at radius 2 is 1.49 bits per heavy atom. The van der Waals surface area contributed by atoms with Gasteiger partial charge in [0.15, 0.2) is 0 Å². The first kappa shape index (κ1) is 20.9. The van der Waals surface area contributed by atoms with Gasteiger partial charge < -0.3 is 10.2 Å². The standard InChI is InChI=1S/C29H21FN4O/c30-24-11-13-27-28(15-24)34(18-19-4-2-1-3-5-19)29(35)25-14-22(10-12-26(25)33-27)20-6-8-21(9-7-20)23-16-31-32-17-23/h1-17,33H,18H2,(H,31,32). The Morgan fingerprint density at radius 1 is 0.771 bits per heavy atom. The topological polar surface area (TPSA) is 61.0 Å². The maximum Gasteiger partial charge on any atom is 0.260 e. The third-order valence-corrected chi connectivity index (χ3v) is 6.25. The van der Waals surface area contributed by atoms with E-state index in [1.165, 1.54) is 12.1 Å². The second-order valence-electron chi connectivity index (χ2n) is 8.49. The molecule has 0 atom stereocenters. The number of aromatic nitrogens is 2. The van der Waals surface area contributed by atoms with Crippen LogP contribution in [-0.4, -0.2) is 16.1 Å². The molecule has 0 aliphatic carbocycles. The number of rotatable bonds is 4. The van der Waals surface area contributed by atoms with Gasteiger partial charge in [-0.05, 0) is 52.6 Å². The Morgan fingerprint density at radius 3 is 2.23 bits per heavy atom. The zero-order chi connectivity index (χ0) is 23.8. The molecule has 0 spiro atoms. The summed E-state index contributed by atoms with van der Waals surface area (Å²) in [7, 11) is 0. The van der Waals surface area contributed by atoms with Crippen molar-refractivity contribution < 1.29 is 9.18 Å². The van der Waals surface area contributed by atoms with E-state index in [0.29, 0.717) is 29.2 Å². The fourth-order valence-corrected chi connectivity index (χ4v) is 4.43. The summed E-state index contributed by atoms with van der Waals surface area (Å²) in [5.41, 5.74) is 7.38. The van der Waals surface area contributed by atoms with Gasteiger partial charge in [-0.3, -0.25) is 9.89 Å². The SMILES string of the molecule is O=C1c2cc(-c3ccc(-c4cn[nH]c4)cc3)ccc2Nc2ccc(F)cc2N1Cc1ccccc1. The van der Waals surface area contributed by atoms with Crippen LogP contribution in [0.2, 0.25) is 0 Å². The van der Waals surface area contributed by atoms with Crippen molar-refractivity contribution in [2.75, 3.05) is 10.2 Å². The van der Waals surface area contributed by atoms with Crippen LogP contribution in [0.4, 0.5) is 21.5 Å². The maximum atomic E-state index is 14.2. The molecule has 2 heterocycles. The van der Waals surface area contributed by atoms with Gasteiger partial charge in [-0.2, -0.15) is 5.10 Å². The first-order valence-electron chi connectivity index (χ1n) is 11.3. The summed E-state index contributed by atoms with van der Waals surface area (Å²) in [6.07, 6.45) is 3.63. The van der Waals surface area contributed by atoms with Gasteiger partial charge in [0, 0.05) is 11.8 Å². The van der Waals surface area contributed by atoms with Crippen molar-refractivity contribution >= 4 is 23.0 Å². The summed E-state index contributed by atoms with van der Waals surface area (Å²) in [5, 5.41) is 10.2. The lowest BCUT2D eigenvalue weighted by atomic mass is 9.99. The smallest absolute Gasteiger partial charge is 0.260 e. The summed E-state index contributed by atoms with van der Waals surface area (Å²) in [6, 6.07) is 28.1. The van der Waals surface area contributed by atoms with E-state index < -0.39 is 0 Å². The molecule has 0 bridgehead atoms. The molecule has 2 N–H and O–H groups in total. The molecule has 6 rings (SSSR count). The molecule has 170 valence electrons. The van der Waals surface area contributed by atoms with E-state index >= 15 is 0 Å². The lowest BCUT2D eigenvalue weighted by Gasteiger charge is -2.23. The summed E-state index contributed by atoms with van der Waals surface area (Å²) in [5.74, 6) is -0.571. The first-order chi connectivity index (χ1) is 17.2.